The summed E-state index contributed by atoms with van der Waals surface area (Å²) in [6.07, 6.45) is 0.970. The van der Waals surface area contributed by atoms with Crippen molar-refractivity contribution in [3.05, 3.63) is 28.2 Å². The van der Waals surface area contributed by atoms with E-state index in [1.165, 1.54) is 0 Å². The van der Waals surface area contributed by atoms with Crippen molar-refractivity contribution in [1.82, 2.24) is 0 Å². The molecule has 1 unspecified atom stereocenters. The summed E-state index contributed by atoms with van der Waals surface area (Å²) in [5.41, 5.74) is 0.743. The van der Waals surface area contributed by atoms with Gasteiger partial charge in [-0.25, -0.2) is 0 Å². The first-order chi connectivity index (χ1) is 8.47. The van der Waals surface area contributed by atoms with Gasteiger partial charge in [0.1, 0.15) is 5.75 Å². The van der Waals surface area contributed by atoms with Gasteiger partial charge < -0.3 is 4.74 Å². The van der Waals surface area contributed by atoms with E-state index in [2.05, 4.69) is 36.7 Å². The maximum Gasteiger partial charge on any atom is 0.165 e. The van der Waals surface area contributed by atoms with Crippen molar-refractivity contribution in [2.75, 3.05) is 6.61 Å². The normalized spacial score (nSPS) is 12.6. The minimum absolute atomic E-state index is 0.0410. The number of carbonyl (C=O) groups excluding carboxylic acids is 1. The lowest BCUT2D eigenvalue weighted by Crippen LogP contribution is -2.17. The molecule has 100 valence electrons. The highest BCUT2D eigenvalue weighted by Crippen LogP contribution is 2.28. The molecule has 0 spiro atoms. The molecule has 3 heteroatoms. The molecule has 1 aromatic carbocycles. The second kappa shape index (κ2) is 6.93. The van der Waals surface area contributed by atoms with Crippen LogP contribution < -0.4 is 4.74 Å². The van der Waals surface area contributed by atoms with Gasteiger partial charge in [0.05, 0.1) is 11.1 Å². The summed E-state index contributed by atoms with van der Waals surface area (Å²) in [6, 6.07) is 5.56. The van der Waals surface area contributed by atoms with E-state index >= 15 is 0 Å². The predicted octanol–water partition coefficient (Wildman–Crippen LogP) is 4.71. The fourth-order valence-electron chi connectivity index (χ4n) is 1.55. The van der Waals surface area contributed by atoms with Crippen molar-refractivity contribution in [3.63, 3.8) is 0 Å². The summed E-state index contributed by atoms with van der Waals surface area (Å²) in [6.45, 7) is 8.86. The summed E-state index contributed by atoms with van der Waals surface area (Å²) in [5, 5.41) is 0. The van der Waals surface area contributed by atoms with Crippen molar-refractivity contribution in [1.29, 1.82) is 0 Å². The Morgan fingerprint density at radius 1 is 1.33 bits per heavy atom. The molecule has 0 fully saturated rings. The van der Waals surface area contributed by atoms with Crippen molar-refractivity contribution >= 4 is 21.7 Å². The lowest BCUT2D eigenvalue weighted by atomic mass is 9.90. The van der Waals surface area contributed by atoms with Crippen molar-refractivity contribution in [3.8, 4) is 5.75 Å². The highest BCUT2D eigenvalue weighted by Gasteiger charge is 2.19. The largest absolute Gasteiger partial charge is 0.492 e. The highest BCUT2D eigenvalue weighted by atomic mass is 79.9. The first-order valence-electron chi connectivity index (χ1n) is 6.44. The van der Waals surface area contributed by atoms with E-state index in [1.807, 2.05) is 25.1 Å². The Hall–Kier alpha value is -0.830. The number of hydrogen-bond acceptors (Lipinski definition) is 2. The van der Waals surface area contributed by atoms with Crippen LogP contribution in [0.1, 0.15) is 44.5 Å². The zero-order valence-electron chi connectivity index (χ0n) is 11.5. The van der Waals surface area contributed by atoms with Crippen LogP contribution in [0, 0.1) is 11.8 Å². The number of carbonyl (C=O) groups is 1. The lowest BCUT2D eigenvalue weighted by Gasteiger charge is -2.15. The van der Waals surface area contributed by atoms with Gasteiger partial charge in [0, 0.05) is 11.5 Å². The van der Waals surface area contributed by atoms with E-state index in [0.29, 0.717) is 12.5 Å². The van der Waals surface area contributed by atoms with Crippen LogP contribution in [0.3, 0.4) is 0 Å². The molecule has 0 aliphatic rings. The molecule has 0 radical (unpaired) electrons. The first-order valence-corrected chi connectivity index (χ1v) is 7.23. The van der Waals surface area contributed by atoms with Crippen LogP contribution in [0.25, 0.3) is 0 Å². The number of halogens is 1. The molecule has 0 amide bonds. The Labute approximate surface area is 118 Å². The molecule has 1 rings (SSSR count). The van der Waals surface area contributed by atoms with Crippen LogP contribution in [-0.2, 0) is 0 Å². The zero-order chi connectivity index (χ0) is 13.7. The molecule has 0 aliphatic carbocycles. The van der Waals surface area contributed by atoms with Crippen LogP contribution in [0.4, 0.5) is 0 Å². The predicted molar refractivity (Wildman–Crippen MR) is 78.3 cm³/mol. The number of Topliss-reactive ketones (excluding diaryl/α,β-unsaturated/α-hetero) is 1. The van der Waals surface area contributed by atoms with E-state index in [9.17, 15) is 4.79 Å². The Bertz CT molecular complexity index is 413. The van der Waals surface area contributed by atoms with Gasteiger partial charge in [-0.3, -0.25) is 4.79 Å². The molecule has 18 heavy (non-hydrogen) atoms. The quantitative estimate of drug-likeness (QED) is 0.711. The van der Waals surface area contributed by atoms with Gasteiger partial charge in [-0.2, -0.15) is 0 Å². The maximum atomic E-state index is 12.2. The Kier molecular flexibility index (Phi) is 5.86. The van der Waals surface area contributed by atoms with Crippen LogP contribution in [-0.4, -0.2) is 12.4 Å². The van der Waals surface area contributed by atoms with Crippen LogP contribution in [0.2, 0.25) is 0 Å². The molecular formula is C15H21BrO2. The number of rotatable bonds is 6. The van der Waals surface area contributed by atoms with Gasteiger partial charge in [-0.15, -0.1) is 0 Å². The molecule has 0 saturated heterocycles. The number of ketones is 1. The number of hydrogen-bond donors (Lipinski definition) is 0. The molecule has 1 atom stereocenters. The third-order valence-corrected chi connectivity index (χ3v) is 3.71. The van der Waals surface area contributed by atoms with E-state index in [-0.39, 0.29) is 11.7 Å². The van der Waals surface area contributed by atoms with Crippen LogP contribution in [0.15, 0.2) is 22.7 Å². The Morgan fingerprint density at radius 2 is 2.00 bits per heavy atom. The topological polar surface area (TPSA) is 26.3 Å². The van der Waals surface area contributed by atoms with Crippen LogP contribution in [0.5, 0.6) is 5.75 Å². The van der Waals surface area contributed by atoms with Gasteiger partial charge >= 0.3 is 0 Å². The van der Waals surface area contributed by atoms with Gasteiger partial charge in [-0.05, 0) is 46.5 Å². The SMILES string of the molecule is CCCOc1ccc(C(=O)C(C)C(C)C)cc1Br. The molecule has 1 aromatic rings. The zero-order valence-corrected chi connectivity index (χ0v) is 13.1. The summed E-state index contributed by atoms with van der Waals surface area (Å²) < 4.78 is 6.42. The van der Waals surface area contributed by atoms with E-state index in [0.717, 1.165) is 22.2 Å². The second-order valence-corrected chi connectivity index (χ2v) is 5.74. The fourth-order valence-corrected chi connectivity index (χ4v) is 2.04. The average Bonchev–Trinajstić information content (AvgIpc) is 2.35. The molecule has 0 aromatic heterocycles. The molecular weight excluding hydrogens is 292 g/mol. The fraction of sp³-hybridized carbons (Fsp3) is 0.533. The monoisotopic (exact) mass is 312 g/mol. The van der Waals surface area contributed by atoms with Crippen molar-refractivity contribution < 1.29 is 9.53 Å². The molecule has 0 aliphatic heterocycles. The first kappa shape index (κ1) is 15.2. The summed E-state index contributed by atoms with van der Waals surface area (Å²) >= 11 is 3.45. The number of ether oxygens (including phenoxy) is 1. The Morgan fingerprint density at radius 3 is 2.50 bits per heavy atom. The molecule has 0 heterocycles. The van der Waals surface area contributed by atoms with Crippen molar-refractivity contribution in [2.24, 2.45) is 11.8 Å². The summed E-state index contributed by atoms with van der Waals surface area (Å²) in [5.74, 6) is 1.38. The molecule has 0 saturated carbocycles. The van der Waals surface area contributed by atoms with E-state index in [4.69, 9.17) is 4.74 Å². The molecule has 0 N–H and O–H groups in total. The van der Waals surface area contributed by atoms with E-state index < -0.39 is 0 Å². The third kappa shape index (κ3) is 3.84. The minimum Gasteiger partial charge on any atom is -0.492 e. The lowest BCUT2D eigenvalue weighted by molar-refractivity contribution is 0.0899. The standard InChI is InChI=1S/C15H21BrO2/c1-5-8-18-14-7-6-12(9-13(14)16)15(17)11(4)10(2)3/h6-7,9-11H,5,8H2,1-4H3. The third-order valence-electron chi connectivity index (χ3n) is 3.09. The maximum absolute atomic E-state index is 12.2. The Balaban J connectivity index is 2.87. The highest BCUT2D eigenvalue weighted by molar-refractivity contribution is 9.10. The van der Waals surface area contributed by atoms with Gasteiger partial charge in [0.25, 0.3) is 0 Å². The van der Waals surface area contributed by atoms with Crippen molar-refractivity contribution in [2.45, 2.75) is 34.1 Å². The van der Waals surface area contributed by atoms with Gasteiger partial charge in [0.15, 0.2) is 5.78 Å². The number of benzene rings is 1. The average molecular weight is 313 g/mol. The minimum atomic E-state index is 0.0410. The molecule has 2 nitrogen and oxygen atoms in total. The second-order valence-electron chi connectivity index (χ2n) is 4.89. The van der Waals surface area contributed by atoms with Crippen LogP contribution >= 0.6 is 15.9 Å². The molecule has 0 bridgehead atoms. The van der Waals surface area contributed by atoms with Gasteiger partial charge in [0.2, 0.25) is 0 Å². The summed E-state index contributed by atoms with van der Waals surface area (Å²) in [7, 11) is 0. The van der Waals surface area contributed by atoms with E-state index in [1.54, 1.807) is 0 Å². The van der Waals surface area contributed by atoms with Gasteiger partial charge in [-0.1, -0.05) is 27.7 Å². The summed E-state index contributed by atoms with van der Waals surface area (Å²) in [4.78, 5) is 12.2. The smallest absolute Gasteiger partial charge is 0.165 e.